The Morgan fingerprint density at radius 3 is 2.65 bits per heavy atom. The summed E-state index contributed by atoms with van der Waals surface area (Å²) < 4.78 is 1.89. The molecule has 1 aromatic heterocycles. The second-order valence-corrected chi connectivity index (χ2v) is 6.14. The minimum Gasteiger partial charge on any atom is -0.305 e. The summed E-state index contributed by atoms with van der Waals surface area (Å²) in [7, 11) is 4.42. The third-order valence-electron chi connectivity index (χ3n) is 4.36. The van der Waals surface area contributed by atoms with E-state index >= 15 is 0 Å². The summed E-state index contributed by atoms with van der Waals surface area (Å²) in [5.41, 5.74) is 0. The highest BCUT2D eigenvalue weighted by molar-refractivity contribution is 4.88. The van der Waals surface area contributed by atoms with Crippen LogP contribution in [-0.4, -0.2) is 69.8 Å². The molecular formula is C14H28N6. The maximum absolute atomic E-state index is 4.00. The maximum atomic E-state index is 4.00. The lowest BCUT2D eigenvalue weighted by Crippen LogP contribution is -2.35. The van der Waals surface area contributed by atoms with Gasteiger partial charge in [0.25, 0.3) is 0 Å². The number of likely N-dealkylation sites (N-methyl/N-ethyl adjacent to an activating group) is 1. The lowest BCUT2D eigenvalue weighted by Gasteiger charge is -2.24. The van der Waals surface area contributed by atoms with Gasteiger partial charge in [-0.2, -0.15) is 0 Å². The molecule has 6 heteroatoms. The van der Waals surface area contributed by atoms with E-state index in [0.29, 0.717) is 6.04 Å². The summed E-state index contributed by atoms with van der Waals surface area (Å²) in [5.74, 6) is 1.73. The number of nitrogens with zero attached hydrogens (tertiary/aromatic N) is 6. The predicted octanol–water partition coefficient (Wildman–Crippen LogP) is 1.03. The summed E-state index contributed by atoms with van der Waals surface area (Å²) >= 11 is 0. The number of aryl methyl sites for hydroxylation is 2. The Bertz CT molecular complexity index is 402. The quantitative estimate of drug-likeness (QED) is 0.747. The molecule has 6 nitrogen and oxygen atoms in total. The van der Waals surface area contributed by atoms with Crippen molar-refractivity contribution in [2.45, 2.75) is 45.7 Å². The summed E-state index contributed by atoms with van der Waals surface area (Å²) in [4.78, 5) is 5.00. The molecule has 1 aliphatic rings. The van der Waals surface area contributed by atoms with E-state index in [1.54, 1.807) is 0 Å². The Morgan fingerprint density at radius 2 is 2.05 bits per heavy atom. The Morgan fingerprint density at radius 1 is 1.25 bits per heavy atom. The number of likely N-dealkylation sites (tertiary alicyclic amines) is 1. The van der Waals surface area contributed by atoms with Gasteiger partial charge in [0.1, 0.15) is 5.82 Å². The number of aromatic nitrogens is 4. The minimum absolute atomic E-state index is 0.713. The van der Waals surface area contributed by atoms with Crippen LogP contribution in [0.3, 0.4) is 0 Å². The average Bonchev–Trinajstić information content (AvgIpc) is 2.98. The van der Waals surface area contributed by atoms with E-state index in [1.807, 2.05) is 11.6 Å². The Labute approximate surface area is 122 Å². The van der Waals surface area contributed by atoms with Crippen LogP contribution in [0.4, 0.5) is 0 Å². The zero-order valence-electron chi connectivity index (χ0n) is 13.3. The second-order valence-electron chi connectivity index (χ2n) is 6.14. The molecule has 1 fully saturated rings. The Kier molecular flexibility index (Phi) is 5.48. The van der Waals surface area contributed by atoms with Crippen molar-refractivity contribution in [3.8, 4) is 0 Å². The third kappa shape index (κ3) is 3.76. The largest absolute Gasteiger partial charge is 0.305 e. The van der Waals surface area contributed by atoms with E-state index in [2.05, 4.69) is 46.3 Å². The van der Waals surface area contributed by atoms with Gasteiger partial charge >= 0.3 is 0 Å². The third-order valence-corrected chi connectivity index (χ3v) is 4.36. The smallest absolute Gasteiger partial charge is 0.148 e. The molecule has 1 aliphatic heterocycles. The summed E-state index contributed by atoms with van der Waals surface area (Å²) in [6.07, 6.45) is 3.74. The molecule has 0 saturated carbocycles. The zero-order chi connectivity index (χ0) is 14.5. The number of hydrogen-bond acceptors (Lipinski definition) is 5. The lowest BCUT2D eigenvalue weighted by atomic mass is 9.98. The van der Waals surface area contributed by atoms with Crippen LogP contribution in [0.1, 0.15) is 32.0 Å². The number of hydrogen-bond donors (Lipinski definition) is 0. The molecule has 0 aliphatic carbocycles. The SMILES string of the molecule is CCC[C@@H]1CN(CCCn2nnnc2C)C[C@H]1N(C)C. The molecule has 20 heavy (non-hydrogen) atoms. The highest BCUT2D eigenvalue weighted by Crippen LogP contribution is 2.24. The van der Waals surface area contributed by atoms with Crippen LogP contribution >= 0.6 is 0 Å². The van der Waals surface area contributed by atoms with Crippen LogP contribution in [0.2, 0.25) is 0 Å². The second kappa shape index (κ2) is 7.13. The van der Waals surface area contributed by atoms with Gasteiger partial charge in [-0.1, -0.05) is 13.3 Å². The molecule has 1 saturated heterocycles. The van der Waals surface area contributed by atoms with E-state index in [4.69, 9.17) is 0 Å². The van der Waals surface area contributed by atoms with Crippen LogP contribution in [0.5, 0.6) is 0 Å². The van der Waals surface area contributed by atoms with Crippen LogP contribution in [-0.2, 0) is 6.54 Å². The molecule has 0 radical (unpaired) electrons. The van der Waals surface area contributed by atoms with E-state index in [9.17, 15) is 0 Å². The van der Waals surface area contributed by atoms with Crippen molar-refractivity contribution in [1.29, 1.82) is 0 Å². The van der Waals surface area contributed by atoms with E-state index in [-0.39, 0.29) is 0 Å². The highest BCUT2D eigenvalue weighted by atomic mass is 15.5. The average molecular weight is 280 g/mol. The van der Waals surface area contributed by atoms with Crippen molar-refractivity contribution >= 4 is 0 Å². The molecule has 0 spiro atoms. The van der Waals surface area contributed by atoms with E-state index < -0.39 is 0 Å². The number of rotatable bonds is 7. The lowest BCUT2D eigenvalue weighted by molar-refractivity contribution is 0.238. The molecule has 2 atom stereocenters. The zero-order valence-corrected chi connectivity index (χ0v) is 13.3. The van der Waals surface area contributed by atoms with Crippen LogP contribution in [0, 0.1) is 12.8 Å². The standard InChI is InChI=1S/C14H28N6/c1-5-7-13-10-19(11-14(13)18(3)4)8-6-9-20-12(2)15-16-17-20/h13-14H,5-11H2,1-4H3/t13-,14-/m1/s1. The van der Waals surface area contributed by atoms with Gasteiger partial charge in [0.05, 0.1) is 0 Å². The fourth-order valence-electron chi connectivity index (χ4n) is 3.26. The first-order valence-corrected chi connectivity index (χ1v) is 7.73. The molecule has 0 N–H and O–H groups in total. The molecule has 0 aromatic carbocycles. The van der Waals surface area contributed by atoms with Gasteiger partial charge < -0.3 is 9.80 Å². The minimum atomic E-state index is 0.713. The summed E-state index contributed by atoms with van der Waals surface area (Å²) in [6, 6.07) is 0.713. The van der Waals surface area contributed by atoms with Gasteiger partial charge in [-0.3, -0.25) is 0 Å². The summed E-state index contributed by atoms with van der Waals surface area (Å²) in [5, 5.41) is 11.6. The van der Waals surface area contributed by atoms with Crippen molar-refractivity contribution in [3.63, 3.8) is 0 Å². The predicted molar refractivity (Wildman–Crippen MR) is 79.5 cm³/mol. The topological polar surface area (TPSA) is 50.1 Å². The van der Waals surface area contributed by atoms with Crippen molar-refractivity contribution in [1.82, 2.24) is 30.0 Å². The van der Waals surface area contributed by atoms with Crippen LogP contribution in [0.15, 0.2) is 0 Å². The monoisotopic (exact) mass is 280 g/mol. The number of tetrazole rings is 1. The van der Waals surface area contributed by atoms with Gasteiger partial charge in [0.15, 0.2) is 0 Å². The van der Waals surface area contributed by atoms with E-state index in [1.165, 1.54) is 25.9 Å². The fraction of sp³-hybridized carbons (Fsp3) is 0.929. The molecule has 2 heterocycles. The maximum Gasteiger partial charge on any atom is 0.148 e. The first-order chi connectivity index (χ1) is 9.61. The Hall–Kier alpha value is -1.01. The molecule has 114 valence electrons. The van der Waals surface area contributed by atoms with Crippen LogP contribution < -0.4 is 0 Å². The van der Waals surface area contributed by atoms with Gasteiger partial charge in [-0.25, -0.2) is 4.68 Å². The first-order valence-electron chi connectivity index (χ1n) is 7.73. The first kappa shape index (κ1) is 15.4. The van der Waals surface area contributed by atoms with E-state index in [0.717, 1.165) is 31.3 Å². The van der Waals surface area contributed by atoms with Gasteiger partial charge in [0, 0.05) is 25.7 Å². The van der Waals surface area contributed by atoms with Gasteiger partial charge in [0.2, 0.25) is 0 Å². The van der Waals surface area contributed by atoms with Gasteiger partial charge in [-0.15, -0.1) is 5.10 Å². The Balaban J connectivity index is 1.78. The molecular weight excluding hydrogens is 252 g/mol. The molecule has 0 unspecified atom stereocenters. The van der Waals surface area contributed by atoms with Crippen molar-refractivity contribution in [3.05, 3.63) is 5.82 Å². The van der Waals surface area contributed by atoms with Crippen molar-refractivity contribution in [2.24, 2.45) is 5.92 Å². The molecule has 1 aromatic rings. The van der Waals surface area contributed by atoms with Gasteiger partial charge in [-0.05, 0) is 56.8 Å². The van der Waals surface area contributed by atoms with Crippen molar-refractivity contribution < 1.29 is 0 Å². The highest BCUT2D eigenvalue weighted by Gasteiger charge is 2.32. The molecule has 0 bridgehead atoms. The van der Waals surface area contributed by atoms with Crippen molar-refractivity contribution in [2.75, 3.05) is 33.7 Å². The normalized spacial score (nSPS) is 23.9. The summed E-state index contributed by atoms with van der Waals surface area (Å²) in [6.45, 7) is 8.74. The van der Waals surface area contributed by atoms with Crippen LogP contribution in [0.25, 0.3) is 0 Å². The molecule has 0 amide bonds. The molecule has 2 rings (SSSR count). The fourth-order valence-corrected chi connectivity index (χ4v) is 3.26.